The van der Waals surface area contributed by atoms with Crippen LogP contribution in [0, 0.1) is 17.8 Å². The lowest BCUT2D eigenvalue weighted by molar-refractivity contribution is -0.00518. The van der Waals surface area contributed by atoms with E-state index in [1.165, 1.54) is 88.4 Å². The van der Waals surface area contributed by atoms with E-state index in [9.17, 15) is 0 Å². The fourth-order valence-electron chi connectivity index (χ4n) is 10.5. The van der Waals surface area contributed by atoms with Crippen LogP contribution < -0.4 is 4.90 Å². The summed E-state index contributed by atoms with van der Waals surface area (Å²) in [4.78, 5) is 2.42. The van der Waals surface area contributed by atoms with Crippen molar-refractivity contribution in [1.82, 2.24) is 0 Å². The maximum Gasteiger partial charge on any atom is 0.0540 e. The smallest absolute Gasteiger partial charge is 0.0540 e. The maximum absolute atomic E-state index is 2.47. The van der Waals surface area contributed by atoms with Gasteiger partial charge in [0.15, 0.2) is 0 Å². The molecule has 0 amide bonds. The van der Waals surface area contributed by atoms with E-state index < -0.39 is 0 Å². The minimum absolute atomic E-state index is 0.437. The van der Waals surface area contributed by atoms with Gasteiger partial charge in [-0.3, -0.25) is 0 Å². The molecule has 0 saturated heterocycles. The summed E-state index contributed by atoms with van der Waals surface area (Å²) < 4.78 is 0. The zero-order valence-corrected chi connectivity index (χ0v) is 29.1. The van der Waals surface area contributed by atoms with Gasteiger partial charge in [-0.05, 0) is 136 Å². The molecule has 0 spiro atoms. The highest BCUT2D eigenvalue weighted by Crippen LogP contribution is 2.60. The van der Waals surface area contributed by atoms with Gasteiger partial charge in [-0.15, -0.1) is 0 Å². The fraction of sp³-hybridized carbons (Fsp3) is 0.200. The van der Waals surface area contributed by atoms with Gasteiger partial charge in [0, 0.05) is 16.8 Å². The zero-order valence-electron chi connectivity index (χ0n) is 29.1. The molecule has 4 saturated carbocycles. The normalized spacial score (nSPS) is 21.9. The van der Waals surface area contributed by atoms with Crippen LogP contribution in [0.4, 0.5) is 17.1 Å². The van der Waals surface area contributed by atoms with Gasteiger partial charge in [-0.1, -0.05) is 140 Å². The summed E-state index contributed by atoms with van der Waals surface area (Å²) in [7, 11) is 0. The van der Waals surface area contributed by atoms with Crippen molar-refractivity contribution in [2.75, 3.05) is 4.90 Å². The number of rotatable bonds is 7. The SMILES string of the molecule is c1ccc(-c2ccc(N(c3ccc(-c4ccc(C56CC7CC(CC(C7)C5)C6)cc4)cc3)c3ccc(-c4ccccc4)c4ccccc34)cc2)cc1. The first kappa shape index (κ1) is 30.4. The van der Waals surface area contributed by atoms with Crippen LogP contribution in [0.1, 0.15) is 44.1 Å². The van der Waals surface area contributed by atoms with Crippen LogP contribution in [0.15, 0.2) is 170 Å². The van der Waals surface area contributed by atoms with E-state index >= 15 is 0 Å². The van der Waals surface area contributed by atoms with Crippen molar-refractivity contribution in [3.05, 3.63) is 175 Å². The molecule has 248 valence electrons. The van der Waals surface area contributed by atoms with Gasteiger partial charge in [0.25, 0.3) is 0 Å². The predicted octanol–water partition coefficient (Wildman–Crippen LogP) is 13.8. The number of nitrogens with zero attached hydrogens (tertiary/aromatic N) is 1. The van der Waals surface area contributed by atoms with Crippen molar-refractivity contribution in [3.8, 4) is 33.4 Å². The Hall–Kier alpha value is -5.40. The number of hydrogen-bond donors (Lipinski definition) is 0. The average Bonchev–Trinajstić information content (AvgIpc) is 3.19. The first-order valence-electron chi connectivity index (χ1n) is 18.9. The molecule has 4 fully saturated rings. The summed E-state index contributed by atoms with van der Waals surface area (Å²) in [5.41, 5.74) is 13.0. The highest BCUT2D eigenvalue weighted by Gasteiger charge is 2.51. The number of hydrogen-bond acceptors (Lipinski definition) is 1. The molecule has 1 nitrogen and oxygen atoms in total. The van der Waals surface area contributed by atoms with Crippen LogP contribution in [-0.4, -0.2) is 0 Å². The Bertz CT molecular complexity index is 2270. The Labute approximate surface area is 302 Å². The van der Waals surface area contributed by atoms with Crippen molar-refractivity contribution in [2.45, 2.75) is 43.9 Å². The van der Waals surface area contributed by atoms with Crippen molar-refractivity contribution in [1.29, 1.82) is 0 Å². The third-order valence-electron chi connectivity index (χ3n) is 12.5. The molecule has 0 heterocycles. The molecule has 51 heavy (non-hydrogen) atoms. The average molecular weight is 658 g/mol. The monoisotopic (exact) mass is 657 g/mol. The largest absolute Gasteiger partial charge is 0.310 e. The summed E-state index contributed by atoms with van der Waals surface area (Å²) in [5.74, 6) is 2.90. The molecule has 11 rings (SSSR count). The van der Waals surface area contributed by atoms with Gasteiger partial charge in [0.05, 0.1) is 5.69 Å². The van der Waals surface area contributed by atoms with Crippen molar-refractivity contribution >= 4 is 27.8 Å². The van der Waals surface area contributed by atoms with Gasteiger partial charge in [-0.2, -0.15) is 0 Å². The van der Waals surface area contributed by atoms with E-state index in [1.54, 1.807) is 5.56 Å². The van der Waals surface area contributed by atoms with E-state index in [0.717, 1.165) is 29.1 Å². The lowest BCUT2D eigenvalue weighted by atomic mass is 9.48. The summed E-state index contributed by atoms with van der Waals surface area (Å²) in [5, 5.41) is 2.48. The second-order valence-electron chi connectivity index (χ2n) is 15.6. The van der Waals surface area contributed by atoms with Gasteiger partial charge in [-0.25, -0.2) is 0 Å². The molecule has 0 N–H and O–H groups in total. The van der Waals surface area contributed by atoms with Gasteiger partial charge in [0.1, 0.15) is 0 Å². The fourth-order valence-corrected chi connectivity index (χ4v) is 10.5. The molecule has 0 atom stereocenters. The third-order valence-corrected chi connectivity index (χ3v) is 12.5. The molecular formula is C50H43N. The summed E-state index contributed by atoms with van der Waals surface area (Å²) in [6.45, 7) is 0. The minimum Gasteiger partial charge on any atom is -0.310 e. The molecule has 0 aliphatic heterocycles. The minimum atomic E-state index is 0.437. The molecule has 0 radical (unpaired) electrons. The molecule has 4 bridgehead atoms. The molecular weight excluding hydrogens is 615 g/mol. The Balaban J connectivity index is 1.02. The standard InChI is InChI=1S/C50H43N/c1-3-9-38(10-4-1)40-17-23-44(24-18-40)51(49-28-27-46(42-11-5-2-6-12-42)47-13-7-8-14-48(47)49)45-25-19-41(20-26-45)39-15-21-43(22-16-39)50-32-35-29-36(33-50)31-37(30-35)34-50/h1-28,35-37H,29-34H2. The molecule has 1 heteroatoms. The van der Waals surface area contributed by atoms with E-state index in [0.29, 0.717) is 5.41 Å². The Morgan fingerprint density at radius 2 is 0.804 bits per heavy atom. The summed E-state index contributed by atoms with van der Waals surface area (Å²) in [6, 6.07) is 62.8. The molecule has 0 aromatic heterocycles. The van der Waals surface area contributed by atoms with E-state index in [4.69, 9.17) is 0 Å². The molecule has 0 unspecified atom stereocenters. The van der Waals surface area contributed by atoms with Crippen LogP contribution in [0.5, 0.6) is 0 Å². The zero-order chi connectivity index (χ0) is 33.8. The van der Waals surface area contributed by atoms with Crippen LogP contribution in [0.3, 0.4) is 0 Å². The number of fused-ring (bicyclic) bond motifs is 1. The van der Waals surface area contributed by atoms with Gasteiger partial charge in [0.2, 0.25) is 0 Å². The Morgan fingerprint density at radius 3 is 1.33 bits per heavy atom. The maximum atomic E-state index is 2.47. The van der Waals surface area contributed by atoms with Crippen molar-refractivity contribution in [3.63, 3.8) is 0 Å². The second-order valence-corrected chi connectivity index (χ2v) is 15.6. The van der Waals surface area contributed by atoms with Crippen molar-refractivity contribution < 1.29 is 0 Å². The number of anilines is 3. The Kier molecular flexibility index (Phi) is 7.41. The molecule has 7 aromatic carbocycles. The lowest BCUT2D eigenvalue weighted by Gasteiger charge is -2.57. The third kappa shape index (κ3) is 5.47. The Morgan fingerprint density at radius 1 is 0.373 bits per heavy atom. The van der Waals surface area contributed by atoms with E-state index in [2.05, 4.69) is 175 Å². The second kappa shape index (κ2) is 12.4. The quantitative estimate of drug-likeness (QED) is 0.165. The van der Waals surface area contributed by atoms with Crippen LogP contribution in [0.25, 0.3) is 44.2 Å². The molecule has 4 aliphatic carbocycles. The summed E-state index contributed by atoms with van der Waals surface area (Å²) >= 11 is 0. The van der Waals surface area contributed by atoms with E-state index in [-0.39, 0.29) is 0 Å². The number of benzene rings is 7. The van der Waals surface area contributed by atoms with Crippen LogP contribution >= 0.6 is 0 Å². The topological polar surface area (TPSA) is 3.24 Å². The van der Waals surface area contributed by atoms with Gasteiger partial charge >= 0.3 is 0 Å². The molecule has 7 aromatic rings. The highest BCUT2D eigenvalue weighted by atomic mass is 15.1. The highest BCUT2D eigenvalue weighted by molar-refractivity contribution is 6.06. The van der Waals surface area contributed by atoms with Gasteiger partial charge < -0.3 is 4.90 Å². The van der Waals surface area contributed by atoms with Crippen LogP contribution in [0.2, 0.25) is 0 Å². The predicted molar refractivity (Wildman–Crippen MR) is 215 cm³/mol. The summed E-state index contributed by atoms with van der Waals surface area (Å²) in [6.07, 6.45) is 8.71. The van der Waals surface area contributed by atoms with E-state index in [1.807, 2.05) is 0 Å². The lowest BCUT2D eigenvalue weighted by Crippen LogP contribution is -2.48. The van der Waals surface area contributed by atoms with Crippen molar-refractivity contribution in [2.24, 2.45) is 17.8 Å². The molecule has 4 aliphatic rings. The first-order chi connectivity index (χ1) is 25.2. The van der Waals surface area contributed by atoms with Crippen LogP contribution in [-0.2, 0) is 5.41 Å². The first-order valence-corrected chi connectivity index (χ1v) is 18.9.